The van der Waals surface area contributed by atoms with Crippen molar-refractivity contribution < 1.29 is 9.47 Å². The van der Waals surface area contributed by atoms with Crippen molar-refractivity contribution in [2.45, 2.75) is 13.0 Å². The third-order valence-corrected chi connectivity index (χ3v) is 3.83. The Morgan fingerprint density at radius 3 is 2.62 bits per heavy atom. The highest BCUT2D eigenvalue weighted by atomic mass is 16.5. The van der Waals surface area contributed by atoms with E-state index >= 15 is 0 Å². The first-order valence-corrected chi connectivity index (χ1v) is 8.05. The molecule has 7 nitrogen and oxygen atoms in total. The van der Waals surface area contributed by atoms with Crippen LogP contribution < -0.4 is 15.0 Å². The maximum absolute atomic E-state index is 11.9. The SMILES string of the molecule is COc1ccc(CCn2cnc(=O)c(C#N)c2C=CN(C)C)cc1OC. The van der Waals surface area contributed by atoms with Crippen LogP contribution in [0, 0.1) is 11.3 Å². The van der Waals surface area contributed by atoms with E-state index in [1.807, 2.05) is 43.3 Å². The molecule has 0 aliphatic rings. The minimum absolute atomic E-state index is 0.0397. The summed E-state index contributed by atoms with van der Waals surface area (Å²) in [5.41, 5.74) is 1.11. The molecular weight excluding hydrogens is 332 g/mol. The number of hydrogen-bond acceptors (Lipinski definition) is 6. The molecule has 0 atom stereocenters. The Bertz CT molecular complexity index is 895. The van der Waals surface area contributed by atoms with Crippen molar-refractivity contribution in [3.8, 4) is 17.6 Å². The molecule has 0 spiro atoms. The molecule has 0 N–H and O–H groups in total. The predicted octanol–water partition coefficient (Wildman–Crippen LogP) is 1.91. The monoisotopic (exact) mass is 354 g/mol. The van der Waals surface area contributed by atoms with Gasteiger partial charge in [0.05, 0.1) is 26.2 Å². The molecule has 0 saturated carbocycles. The predicted molar refractivity (Wildman–Crippen MR) is 99.2 cm³/mol. The molecule has 26 heavy (non-hydrogen) atoms. The minimum atomic E-state index is -0.520. The van der Waals surface area contributed by atoms with Crippen LogP contribution >= 0.6 is 0 Å². The second-order valence-corrected chi connectivity index (χ2v) is 5.83. The highest BCUT2D eigenvalue weighted by Crippen LogP contribution is 2.27. The van der Waals surface area contributed by atoms with Crippen molar-refractivity contribution in [2.24, 2.45) is 0 Å². The maximum atomic E-state index is 11.9. The zero-order chi connectivity index (χ0) is 19.1. The Kier molecular flexibility index (Phi) is 6.39. The molecule has 0 radical (unpaired) electrons. The second-order valence-electron chi connectivity index (χ2n) is 5.83. The number of methoxy groups -OCH3 is 2. The van der Waals surface area contributed by atoms with Crippen molar-refractivity contribution in [3.05, 3.63) is 57.9 Å². The fourth-order valence-corrected chi connectivity index (χ4v) is 2.47. The van der Waals surface area contributed by atoms with Gasteiger partial charge in [0.1, 0.15) is 11.6 Å². The molecule has 0 unspecified atom stereocenters. The van der Waals surface area contributed by atoms with Gasteiger partial charge in [-0.25, -0.2) is 0 Å². The number of aryl methyl sites for hydroxylation is 2. The Balaban J connectivity index is 2.32. The molecule has 2 rings (SSSR count). The van der Waals surface area contributed by atoms with E-state index in [4.69, 9.17) is 9.47 Å². The van der Waals surface area contributed by atoms with Crippen molar-refractivity contribution in [1.82, 2.24) is 14.5 Å². The number of hydrogen-bond donors (Lipinski definition) is 0. The van der Waals surface area contributed by atoms with Crippen LogP contribution in [0.15, 0.2) is 35.5 Å². The zero-order valence-corrected chi connectivity index (χ0v) is 15.4. The smallest absolute Gasteiger partial charge is 0.291 e. The normalized spacial score (nSPS) is 10.6. The number of aromatic nitrogens is 2. The Morgan fingerprint density at radius 2 is 2.00 bits per heavy atom. The number of nitrogens with zero attached hydrogens (tertiary/aromatic N) is 4. The summed E-state index contributed by atoms with van der Waals surface area (Å²) in [6.07, 6.45) is 5.69. The molecule has 136 valence electrons. The number of rotatable bonds is 7. The minimum Gasteiger partial charge on any atom is -0.493 e. The van der Waals surface area contributed by atoms with Crippen LogP contribution in [0.25, 0.3) is 6.08 Å². The van der Waals surface area contributed by atoms with E-state index in [1.54, 1.807) is 31.1 Å². The van der Waals surface area contributed by atoms with Crippen molar-refractivity contribution >= 4 is 6.08 Å². The molecule has 1 aromatic heterocycles. The topological polar surface area (TPSA) is 80.4 Å². The molecule has 0 aliphatic carbocycles. The molecular formula is C19H22N4O3. The molecule has 1 heterocycles. The van der Waals surface area contributed by atoms with Gasteiger partial charge in [-0.15, -0.1) is 0 Å². The van der Waals surface area contributed by atoms with Crippen LogP contribution in [0.4, 0.5) is 0 Å². The highest BCUT2D eigenvalue weighted by Gasteiger charge is 2.11. The fourth-order valence-electron chi connectivity index (χ4n) is 2.47. The Morgan fingerprint density at radius 1 is 1.27 bits per heavy atom. The van der Waals surface area contributed by atoms with Gasteiger partial charge >= 0.3 is 0 Å². The Hall–Kier alpha value is -3.27. The summed E-state index contributed by atoms with van der Waals surface area (Å²) in [6, 6.07) is 7.68. The first-order chi connectivity index (χ1) is 12.5. The molecule has 0 fully saturated rings. The summed E-state index contributed by atoms with van der Waals surface area (Å²) < 4.78 is 12.4. The molecule has 7 heteroatoms. The lowest BCUT2D eigenvalue weighted by molar-refractivity contribution is 0.354. The van der Waals surface area contributed by atoms with Gasteiger partial charge in [-0.05, 0) is 30.2 Å². The average molecular weight is 354 g/mol. The van der Waals surface area contributed by atoms with Gasteiger partial charge in [0.15, 0.2) is 11.5 Å². The number of benzene rings is 1. The lowest BCUT2D eigenvalue weighted by Gasteiger charge is -2.13. The lowest BCUT2D eigenvalue weighted by atomic mass is 10.1. The summed E-state index contributed by atoms with van der Waals surface area (Å²) in [4.78, 5) is 17.5. The standard InChI is InChI=1S/C19H22N4O3/c1-22(2)9-8-16-15(12-20)19(24)21-13-23(16)10-7-14-5-6-17(25-3)18(11-14)26-4/h5-6,8-9,11,13H,7,10H2,1-4H3. The average Bonchev–Trinajstić information content (AvgIpc) is 2.64. The van der Waals surface area contributed by atoms with Crippen molar-refractivity contribution in [3.63, 3.8) is 0 Å². The van der Waals surface area contributed by atoms with Crippen LogP contribution in [0.3, 0.4) is 0 Å². The van der Waals surface area contributed by atoms with Crippen LogP contribution in [-0.4, -0.2) is 42.8 Å². The van der Waals surface area contributed by atoms with Crippen molar-refractivity contribution in [2.75, 3.05) is 28.3 Å². The van der Waals surface area contributed by atoms with E-state index < -0.39 is 5.56 Å². The summed E-state index contributed by atoms with van der Waals surface area (Å²) in [7, 11) is 6.93. The summed E-state index contributed by atoms with van der Waals surface area (Å²) in [5.74, 6) is 1.33. The molecule has 0 saturated heterocycles. The quantitative estimate of drug-likeness (QED) is 0.756. The molecule has 2 aromatic rings. The maximum Gasteiger partial charge on any atom is 0.291 e. The molecule has 1 aromatic carbocycles. The first-order valence-electron chi connectivity index (χ1n) is 8.05. The van der Waals surface area contributed by atoms with E-state index in [-0.39, 0.29) is 5.56 Å². The van der Waals surface area contributed by atoms with Gasteiger partial charge in [-0.2, -0.15) is 10.2 Å². The van der Waals surface area contributed by atoms with Crippen molar-refractivity contribution in [1.29, 1.82) is 5.26 Å². The van der Waals surface area contributed by atoms with Crippen LogP contribution in [-0.2, 0) is 13.0 Å². The van der Waals surface area contributed by atoms with Crippen LogP contribution in [0.1, 0.15) is 16.8 Å². The lowest BCUT2D eigenvalue weighted by Crippen LogP contribution is -2.19. The number of nitriles is 1. The van der Waals surface area contributed by atoms with E-state index in [9.17, 15) is 10.1 Å². The second kappa shape index (κ2) is 8.72. The van der Waals surface area contributed by atoms with E-state index in [0.29, 0.717) is 30.2 Å². The molecule has 0 bridgehead atoms. The van der Waals surface area contributed by atoms with Gasteiger partial charge < -0.3 is 18.9 Å². The van der Waals surface area contributed by atoms with Gasteiger partial charge in [-0.1, -0.05) is 6.07 Å². The number of ether oxygens (including phenoxy) is 2. The summed E-state index contributed by atoms with van der Waals surface area (Å²) in [6.45, 7) is 0.560. The third-order valence-electron chi connectivity index (χ3n) is 3.83. The molecule has 0 amide bonds. The van der Waals surface area contributed by atoms with Crippen LogP contribution in [0.2, 0.25) is 0 Å². The molecule has 0 aliphatic heterocycles. The van der Waals surface area contributed by atoms with Gasteiger partial charge in [0.25, 0.3) is 5.56 Å². The van der Waals surface area contributed by atoms with Gasteiger partial charge in [0, 0.05) is 26.8 Å². The van der Waals surface area contributed by atoms with E-state index in [2.05, 4.69) is 4.98 Å². The van der Waals surface area contributed by atoms with Gasteiger partial charge in [0.2, 0.25) is 0 Å². The van der Waals surface area contributed by atoms with Crippen LogP contribution in [0.5, 0.6) is 11.5 Å². The fraction of sp³-hybridized carbons (Fsp3) is 0.316. The largest absolute Gasteiger partial charge is 0.493 e. The summed E-state index contributed by atoms with van der Waals surface area (Å²) >= 11 is 0. The highest BCUT2D eigenvalue weighted by molar-refractivity contribution is 5.53. The van der Waals surface area contributed by atoms with Gasteiger partial charge in [-0.3, -0.25) is 4.79 Å². The zero-order valence-electron chi connectivity index (χ0n) is 15.4. The Labute approximate surface area is 152 Å². The summed E-state index contributed by atoms with van der Waals surface area (Å²) in [5, 5.41) is 9.32. The van der Waals surface area contributed by atoms with E-state index in [0.717, 1.165) is 5.56 Å². The van der Waals surface area contributed by atoms with E-state index in [1.165, 1.54) is 6.33 Å². The third kappa shape index (κ3) is 4.42. The first kappa shape index (κ1) is 19.1.